The first-order chi connectivity index (χ1) is 8.06. The minimum absolute atomic E-state index is 0.00550. The number of nitrogens with zero attached hydrogens (tertiary/aromatic N) is 5. The van der Waals surface area contributed by atoms with E-state index in [0.29, 0.717) is 0 Å². The third-order valence-electron chi connectivity index (χ3n) is 2.03. The molecule has 8 nitrogen and oxygen atoms in total. The predicted octanol–water partition coefficient (Wildman–Crippen LogP) is 0.807. The van der Waals surface area contributed by atoms with E-state index in [4.69, 9.17) is 22.9 Å². The molecule has 2 atom stereocenters. The zero-order valence-corrected chi connectivity index (χ0v) is 9.49. The number of nitrogen functional groups attached to an aromatic ring is 1. The summed E-state index contributed by atoms with van der Waals surface area (Å²) in [6, 6.07) is 0. The highest BCUT2D eigenvalue weighted by Gasteiger charge is 2.22. The van der Waals surface area contributed by atoms with Crippen molar-refractivity contribution in [3.05, 3.63) is 27.5 Å². The standard InChI is InChI=1S/C8H11ClN6O2/c9-5-3-12-8(10)6(14-5)7(17)4(16)1-2-13-15-11/h3-4,7,16-17H,1-2H2,(H2,10,12). The highest BCUT2D eigenvalue weighted by atomic mass is 35.5. The van der Waals surface area contributed by atoms with Gasteiger partial charge < -0.3 is 15.9 Å². The lowest BCUT2D eigenvalue weighted by atomic mass is 10.1. The summed E-state index contributed by atoms with van der Waals surface area (Å²) in [5.74, 6) is -0.00951. The quantitative estimate of drug-likeness (QED) is 0.407. The number of rotatable bonds is 5. The van der Waals surface area contributed by atoms with Crippen LogP contribution < -0.4 is 5.73 Å². The molecule has 0 aliphatic heterocycles. The van der Waals surface area contributed by atoms with E-state index in [1.54, 1.807) is 0 Å². The molecule has 1 aromatic rings. The molecule has 92 valence electrons. The fourth-order valence-electron chi connectivity index (χ4n) is 1.18. The van der Waals surface area contributed by atoms with Gasteiger partial charge in [0.25, 0.3) is 0 Å². The van der Waals surface area contributed by atoms with Gasteiger partial charge in [-0.05, 0) is 12.0 Å². The number of hydrogen-bond donors (Lipinski definition) is 3. The molecule has 0 bridgehead atoms. The van der Waals surface area contributed by atoms with E-state index in [1.165, 1.54) is 6.20 Å². The lowest BCUT2D eigenvalue weighted by molar-refractivity contribution is 0.0128. The SMILES string of the molecule is [N-]=[N+]=NCCC(O)C(O)c1nc(Cl)cnc1N. The van der Waals surface area contributed by atoms with Crippen molar-refractivity contribution in [1.29, 1.82) is 0 Å². The van der Waals surface area contributed by atoms with Crippen molar-refractivity contribution < 1.29 is 10.2 Å². The molecule has 0 amide bonds. The number of halogens is 1. The van der Waals surface area contributed by atoms with Crippen molar-refractivity contribution in [2.75, 3.05) is 12.3 Å². The first kappa shape index (κ1) is 13.5. The Morgan fingerprint density at radius 1 is 1.59 bits per heavy atom. The maximum atomic E-state index is 9.77. The zero-order valence-electron chi connectivity index (χ0n) is 8.73. The van der Waals surface area contributed by atoms with E-state index in [2.05, 4.69) is 20.0 Å². The van der Waals surface area contributed by atoms with Gasteiger partial charge in [-0.2, -0.15) is 0 Å². The molecule has 0 radical (unpaired) electrons. The smallest absolute Gasteiger partial charge is 0.148 e. The first-order valence-corrected chi connectivity index (χ1v) is 5.09. The highest BCUT2D eigenvalue weighted by molar-refractivity contribution is 6.29. The van der Waals surface area contributed by atoms with Crippen LogP contribution in [0.5, 0.6) is 0 Å². The number of azide groups is 1. The molecular formula is C8H11ClN6O2. The molecule has 1 heterocycles. The molecule has 0 saturated heterocycles. The molecule has 4 N–H and O–H groups in total. The second-order valence-corrected chi connectivity index (χ2v) is 3.61. The van der Waals surface area contributed by atoms with E-state index < -0.39 is 12.2 Å². The molecule has 0 aliphatic rings. The van der Waals surface area contributed by atoms with Gasteiger partial charge in [0.15, 0.2) is 0 Å². The van der Waals surface area contributed by atoms with E-state index in [1.807, 2.05) is 0 Å². The monoisotopic (exact) mass is 258 g/mol. The van der Waals surface area contributed by atoms with Crippen molar-refractivity contribution in [3.63, 3.8) is 0 Å². The third kappa shape index (κ3) is 3.72. The summed E-state index contributed by atoms with van der Waals surface area (Å²) in [5.41, 5.74) is 13.6. The summed E-state index contributed by atoms with van der Waals surface area (Å²) < 4.78 is 0. The largest absolute Gasteiger partial charge is 0.390 e. The van der Waals surface area contributed by atoms with Crippen LogP contribution in [0.2, 0.25) is 5.15 Å². The maximum Gasteiger partial charge on any atom is 0.148 e. The first-order valence-electron chi connectivity index (χ1n) is 4.71. The van der Waals surface area contributed by atoms with Gasteiger partial charge in [0.2, 0.25) is 0 Å². The van der Waals surface area contributed by atoms with Crippen LogP contribution in [0.25, 0.3) is 10.4 Å². The van der Waals surface area contributed by atoms with Crippen LogP contribution in [-0.2, 0) is 0 Å². The topological polar surface area (TPSA) is 141 Å². The van der Waals surface area contributed by atoms with Gasteiger partial charge in [-0.25, -0.2) is 9.97 Å². The lowest BCUT2D eigenvalue weighted by Crippen LogP contribution is -2.21. The second-order valence-electron chi connectivity index (χ2n) is 3.22. The molecule has 1 rings (SSSR count). The number of aliphatic hydroxyl groups excluding tert-OH is 2. The summed E-state index contributed by atoms with van der Waals surface area (Å²) in [5, 5.41) is 22.7. The number of nitrogens with two attached hydrogens (primary N) is 1. The molecular weight excluding hydrogens is 248 g/mol. The highest BCUT2D eigenvalue weighted by Crippen LogP contribution is 2.22. The van der Waals surface area contributed by atoms with Gasteiger partial charge in [-0.1, -0.05) is 16.7 Å². The minimum Gasteiger partial charge on any atom is -0.390 e. The Hall–Kier alpha value is -1.60. The van der Waals surface area contributed by atoms with E-state index in [-0.39, 0.29) is 29.6 Å². The van der Waals surface area contributed by atoms with Crippen LogP contribution in [0.15, 0.2) is 11.3 Å². The lowest BCUT2D eigenvalue weighted by Gasteiger charge is -2.17. The molecule has 0 saturated carbocycles. The fourth-order valence-corrected chi connectivity index (χ4v) is 1.32. The van der Waals surface area contributed by atoms with Crippen LogP contribution in [0, 0.1) is 0 Å². The normalized spacial score (nSPS) is 13.8. The average Bonchev–Trinajstić information content (AvgIpc) is 2.31. The van der Waals surface area contributed by atoms with Gasteiger partial charge in [0.1, 0.15) is 22.8 Å². The Balaban J connectivity index is 2.76. The Kier molecular flexibility index (Phi) is 4.92. The van der Waals surface area contributed by atoms with Gasteiger partial charge in [-0.15, -0.1) is 0 Å². The van der Waals surface area contributed by atoms with Crippen LogP contribution in [0.1, 0.15) is 18.2 Å². The second kappa shape index (κ2) is 6.21. The van der Waals surface area contributed by atoms with E-state index in [9.17, 15) is 10.2 Å². The maximum absolute atomic E-state index is 9.77. The van der Waals surface area contributed by atoms with Crippen molar-refractivity contribution >= 4 is 17.4 Å². The van der Waals surface area contributed by atoms with Crippen molar-refractivity contribution in [1.82, 2.24) is 9.97 Å². The van der Waals surface area contributed by atoms with Crippen molar-refractivity contribution in [3.8, 4) is 0 Å². The van der Waals surface area contributed by atoms with Crippen LogP contribution in [0.3, 0.4) is 0 Å². The predicted molar refractivity (Wildman–Crippen MR) is 61.1 cm³/mol. The van der Waals surface area contributed by atoms with E-state index >= 15 is 0 Å². The van der Waals surface area contributed by atoms with Crippen LogP contribution in [0.4, 0.5) is 5.82 Å². The molecule has 0 aliphatic carbocycles. The third-order valence-corrected chi connectivity index (χ3v) is 2.21. The molecule has 0 spiro atoms. The van der Waals surface area contributed by atoms with E-state index in [0.717, 1.165) is 0 Å². The van der Waals surface area contributed by atoms with Crippen LogP contribution in [-0.4, -0.2) is 32.8 Å². The molecule has 0 fully saturated rings. The number of hydrogen-bond acceptors (Lipinski definition) is 6. The number of aromatic nitrogens is 2. The fraction of sp³-hybridized carbons (Fsp3) is 0.500. The Morgan fingerprint density at radius 3 is 2.94 bits per heavy atom. The molecule has 17 heavy (non-hydrogen) atoms. The summed E-state index contributed by atoms with van der Waals surface area (Å²) in [4.78, 5) is 10.0. The summed E-state index contributed by atoms with van der Waals surface area (Å²) in [6.45, 7) is 0.0582. The van der Waals surface area contributed by atoms with Gasteiger partial charge >= 0.3 is 0 Å². The molecule has 9 heteroatoms. The Bertz CT molecular complexity index is 436. The summed E-state index contributed by atoms with van der Waals surface area (Å²) in [7, 11) is 0. The van der Waals surface area contributed by atoms with Gasteiger partial charge in [0, 0.05) is 11.5 Å². The summed E-state index contributed by atoms with van der Waals surface area (Å²) >= 11 is 5.60. The molecule has 1 aromatic heterocycles. The minimum atomic E-state index is -1.32. The zero-order chi connectivity index (χ0) is 12.8. The average molecular weight is 259 g/mol. The summed E-state index contributed by atoms with van der Waals surface area (Å²) in [6.07, 6.45) is -1.16. The number of anilines is 1. The Labute approximate surface area is 102 Å². The number of aliphatic hydroxyl groups is 2. The van der Waals surface area contributed by atoms with Gasteiger partial charge in [-0.3, -0.25) is 0 Å². The van der Waals surface area contributed by atoms with Gasteiger partial charge in [0.05, 0.1) is 12.3 Å². The van der Waals surface area contributed by atoms with Crippen molar-refractivity contribution in [2.24, 2.45) is 5.11 Å². The molecule has 2 unspecified atom stereocenters. The molecule has 0 aromatic carbocycles. The van der Waals surface area contributed by atoms with Crippen LogP contribution >= 0.6 is 11.6 Å². The van der Waals surface area contributed by atoms with Crippen molar-refractivity contribution in [2.45, 2.75) is 18.6 Å². The Morgan fingerprint density at radius 2 is 2.29 bits per heavy atom.